The van der Waals surface area contributed by atoms with Gasteiger partial charge in [-0.25, -0.2) is 0 Å². The van der Waals surface area contributed by atoms with Crippen LogP contribution in [0.1, 0.15) is 5.56 Å². The van der Waals surface area contributed by atoms with Gasteiger partial charge in [-0.3, -0.25) is 9.78 Å². The molecule has 1 heterocycles. The maximum atomic E-state index is 12.4. The molecule has 23 heavy (non-hydrogen) atoms. The molecule has 0 aliphatic heterocycles. The van der Waals surface area contributed by atoms with Gasteiger partial charge >= 0.3 is 0 Å². The van der Waals surface area contributed by atoms with E-state index in [1.165, 1.54) is 0 Å². The minimum Gasteiger partial charge on any atom is -0.507 e. The Bertz CT molecular complexity index is 837. The maximum Gasteiger partial charge on any atom is 0.242 e. The molecule has 1 N–H and O–H groups in total. The van der Waals surface area contributed by atoms with Gasteiger partial charge in [0.2, 0.25) is 5.91 Å². The zero-order valence-electron chi connectivity index (χ0n) is 12.3. The number of hydrogen-bond acceptors (Lipinski definition) is 3. The number of rotatable bonds is 4. The molecule has 0 saturated heterocycles. The van der Waals surface area contributed by atoms with Crippen LogP contribution in [0.4, 0.5) is 5.69 Å². The predicted molar refractivity (Wildman–Crippen MR) is 91.8 cm³/mol. The lowest BCUT2D eigenvalue weighted by Crippen LogP contribution is -2.31. The summed E-state index contributed by atoms with van der Waals surface area (Å²) in [6, 6.07) is 14.5. The second-order valence-electron chi connectivity index (χ2n) is 5.12. The van der Waals surface area contributed by atoms with Crippen LogP contribution >= 0.6 is 11.6 Å². The maximum absolute atomic E-state index is 12.4. The van der Waals surface area contributed by atoms with Crippen LogP contribution in [0.25, 0.3) is 10.8 Å². The smallest absolute Gasteiger partial charge is 0.242 e. The zero-order valence-corrected chi connectivity index (χ0v) is 13.1. The molecule has 3 rings (SSSR count). The fourth-order valence-electron chi connectivity index (χ4n) is 2.56. The van der Waals surface area contributed by atoms with Gasteiger partial charge in [0.05, 0.1) is 12.2 Å². The van der Waals surface area contributed by atoms with E-state index in [0.717, 1.165) is 16.6 Å². The third kappa shape index (κ3) is 3.12. The van der Waals surface area contributed by atoms with Crippen LogP contribution < -0.4 is 4.90 Å². The highest BCUT2D eigenvalue weighted by molar-refractivity contribution is 6.29. The van der Waals surface area contributed by atoms with Crippen LogP contribution in [0.2, 0.25) is 0 Å². The van der Waals surface area contributed by atoms with Gasteiger partial charge in [-0.2, -0.15) is 0 Å². The van der Waals surface area contributed by atoms with Crippen molar-refractivity contribution in [3.63, 3.8) is 0 Å². The molecule has 4 nitrogen and oxygen atoms in total. The van der Waals surface area contributed by atoms with Gasteiger partial charge in [0, 0.05) is 23.2 Å². The van der Waals surface area contributed by atoms with Gasteiger partial charge in [0.15, 0.2) is 0 Å². The van der Waals surface area contributed by atoms with Crippen LogP contribution in [0, 0.1) is 0 Å². The number of phenolic OH excluding ortho intramolecular Hbond substituents is 1. The summed E-state index contributed by atoms with van der Waals surface area (Å²) in [5.74, 6) is -0.119. The van der Waals surface area contributed by atoms with Gasteiger partial charge in [0.25, 0.3) is 0 Å². The lowest BCUT2D eigenvalue weighted by Gasteiger charge is -2.24. The minimum atomic E-state index is -0.195. The lowest BCUT2D eigenvalue weighted by atomic mass is 10.1. The fourth-order valence-corrected chi connectivity index (χ4v) is 2.71. The summed E-state index contributed by atoms with van der Waals surface area (Å²) in [6.07, 6.45) is 3.38. The summed E-state index contributed by atoms with van der Waals surface area (Å²) in [7, 11) is 0. The number of alkyl halides is 1. The number of aromatic nitrogens is 1. The highest BCUT2D eigenvalue weighted by Crippen LogP contribution is 2.33. The number of carbonyl (C=O) groups is 1. The third-order valence-corrected chi connectivity index (χ3v) is 3.90. The van der Waals surface area contributed by atoms with Gasteiger partial charge in [-0.15, -0.1) is 11.6 Å². The lowest BCUT2D eigenvalue weighted by molar-refractivity contribution is -0.116. The van der Waals surface area contributed by atoms with Crippen LogP contribution in [-0.4, -0.2) is 21.9 Å². The Balaban J connectivity index is 2.10. The van der Waals surface area contributed by atoms with E-state index in [0.29, 0.717) is 11.9 Å². The van der Waals surface area contributed by atoms with E-state index in [4.69, 9.17) is 11.6 Å². The molecule has 5 heteroatoms. The van der Waals surface area contributed by atoms with Crippen LogP contribution in [0.3, 0.4) is 0 Å². The highest BCUT2D eigenvalue weighted by Gasteiger charge is 2.18. The number of carbonyl (C=O) groups excluding carboxylic acids is 1. The Labute approximate surface area is 139 Å². The average Bonchev–Trinajstić information content (AvgIpc) is 2.60. The number of benzene rings is 2. The molecule has 3 aromatic rings. The fraction of sp³-hybridized carbons (Fsp3) is 0.111. The summed E-state index contributed by atoms with van der Waals surface area (Å²) in [5, 5.41) is 11.5. The standard InChI is InChI=1S/C18H15ClN2O2/c19-11-18(23)21(12-13-7-9-20-10-8-13)16-5-1-4-15-14(16)3-2-6-17(15)22/h1-10,22H,11-12H2. The number of amides is 1. The quantitative estimate of drug-likeness (QED) is 0.744. The molecule has 0 radical (unpaired) electrons. The largest absolute Gasteiger partial charge is 0.507 e. The van der Waals surface area contributed by atoms with Crippen molar-refractivity contribution in [2.45, 2.75) is 6.54 Å². The van der Waals surface area contributed by atoms with Gasteiger partial charge < -0.3 is 10.0 Å². The number of halogens is 1. The van der Waals surface area contributed by atoms with Crippen LogP contribution in [0.15, 0.2) is 60.9 Å². The Kier molecular flexibility index (Phi) is 4.44. The summed E-state index contributed by atoms with van der Waals surface area (Å²) in [6.45, 7) is 0.392. The first-order valence-corrected chi connectivity index (χ1v) is 7.70. The number of phenols is 1. The summed E-state index contributed by atoms with van der Waals surface area (Å²) in [5.41, 5.74) is 1.68. The molecular weight excluding hydrogens is 312 g/mol. The Morgan fingerprint density at radius 3 is 2.48 bits per heavy atom. The van der Waals surface area contributed by atoms with Crippen molar-refractivity contribution < 1.29 is 9.90 Å². The summed E-state index contributed by atoms with van der Waals surface area (Å²) >= 11 is 5.79. The molecule has 0 unspecified atom stereocenters. The van der Waals surface area contributed by atoms with E-state index in [2.05, 4.69) is 4.98 Å². The number of anilines is 1. The van der Waals surface area contributed by atoms with E-state index < -0.39 is 0 Å². The van der Waals surface area contributed by atoms with Crippen molar-refractivity contribution in [2.24, 2.45) is 0 Å². The van der Waals surface area contributed by atoms with E-state index in [-0.39, 0.29) is 17.5 Å². The Morgan fingerprint density at radius 2 is 1.74 bits per heavy atom. The predicted octanol–water partition coefficient (Wildman–Crippen LogP) is 3.71. The van der Waals surface area contributed by atoms with E-state index >= 15 is 0 Å². The molecule has 1 amide bonds. The van der Waals surface area contributed by atoms with Crippen molar-refractivity contribution in [1.82, 2.24) is 4.98 Å². The minimum absolute atomic E-state index is 0.111. The monoisotopic (exact) mass is 326 g/mol. The molecule has 0 aliphatic carbocycles. The number of aromatic hydroxyl groups is 1. The number of pyridine rings is 1. The molecule has 116 valence electrons. The highest BCUT2D eigenvalue weighted by atomic mass is 35.5. The van der Waals surface area contributed by atoms with Crippen molar-refractivity contribution in [1.29, 1.82) is 0 Å². The van der Waals surface area contributed by atoms with Crippen molar-refractivity contribution >= 4 is 34.0 Å². The first-order valence-electron chi connectivity index (χ1n) is 7.16. The van der Waals surface area contributed by atoms with Crippen molar-refractivity contribution in [3.05, 3.63) is 66.5 Å². The van der Waals surface area contributed by atoms with Gasteiger partial charge in [-0.1, -0.05) is 24.3 Å². The molecular formula is C18H15ClN2O2. The molecule has 0 atom stereocenters. The second kappa shape index (κ2) is 6.67. The third-order valence-electron chi connectivity index (χ3n) is 3.67. The molecule has 0 bridgehead atoms. The average molecular weight is 327 g/mol. The topological polar surface area (TPSA) is 53.4 Å². The van der Waals surface area contributed by atoms with Crippen LogP contribution in [0.5, 0.6) is 5.75 Å². The van der Waals surface area contributed by atoms with E-state index in [9.17, 15) is 9.90 Å². The Morgan fingerprint density at radius 1 is 1.04 bits per heavy atom. The number of hydrogen-bond donors (Lipinski definition) is 1. The van der Waals surface area contributed by atoms with Crippen molar-refractivity contribution in [2.75, 3.05) is 10.8 Å². The van der Waals surface area contributed by atoms with Gasteiger partial charge in [0.1, 0.15) is 11.6 Å². The van der Waals surface area contributed by atoms with Crippen LogP contribution in [-0.2, 0) is 11.3 Å². The van der Waals surface area contributed by atoms with E-state index in [1.807, 2.05) is 36.4 Å². The summed E-state index contributed by atoms with van der Waals surface area (Å²) < 4.78 is 0. The number of nitrogens with zero attached hydrogens (tertiary/aromatic N) is 2. The zero-order chi connectivity index (χ0) is 16.2. The SMILES string of the molecule is O=C(CCl)N(Cc1ccncc1)c1cccc2c(O)cccc12. The second-order valence-corrected chi connectivity index (χ2v) is 5.39. The van der Waals surface area contributed by atoms with E-state index in [1.54, 1.807) is 29.4 Å². The van der Waals surface area contributed by atoms with Gasteiger partial charge in [-0.05, 0) is 29.8 Å². The Hall–Kier alpha value is -2.59. The first kappa shape index (κ1) is 15.3. The first-order chi connectivity index (χ1) is 11.2. The molecule has 0 fully saturated rings. The summed E-state index contributed by atoms with van der Waals surface area (Å²) in [4.78, 5) is 18.0. The molecule has 0 saturated carbocycles. The normalized spacial score (nSPS) is 10.7. The molecule has 2 aromatic carbocycles. The molecule has 1 aromatic heterocycles. The molecule has 0 spiro atoms. The number of fused-ring (bicyclic) bond motifs is 1. The molecule has 0 aliphatic rings. The van der Waals surface area contributed by atoms with Crippen molar-refractivity contribution in [3.8, 4) is 5.75 Å².